The molecule has 0 bridgehead atoms. The van der Waals surface area contributed by atoms with E-state index in [9.17, 15) is 13.2 Å². The Kier molecular flexibility index (Phi) is 3.76. The number of thiazole rings is 1. The van der Waals surface area contributed by atoms with Gasteiger partial charge in [0, 0.05) is 4.88 Å². The summed E-state index contributed by atoms with van der Waals surface area (Å²) in [6.07, 6.45) is 1.48. The first-order valence-corrected chi connectivity index (χ1v) is 7.99. The van der Waals surface area contributed by atoms with E-state index in [0.29, 0.717) is 4.88 Å². The van der Waals surface area contributed by atoms with Crippen LogP contribution in [0.1, 0.15) is 14.5 Å². The Hall–Kier alpha value is -1.29. The van der Waals surface area contributed by atoms with Gasteiger partial charge in [-0.2, -0.15) is 0 Å². The molecule has 0 saturated carbocycles. The van der Waals surface area contributed by atoms with Crippen LogP contribution in [0.5, 0.6) is 0 Å². The lowest BCUT2D eigenvalue weighted by Crippen LogP contribution is -2.21. The van der Waals surface area contributed by atoms with Crippen LogP contribution in [0.4, 0.5) is 0 Å². The third-order valence-corrected chi connectivity index (χ3v) is 5.29. The monoisotopic (exact) mass is 303 g/mol. The van der Waals surface area contributed by atoms with E-state index in [1.54, 1.807) is 11.6 Å². The molecule has 6 nitrogen and oxygen atoms in total. The molecule has 0 saturated heterocycles. The van der Waals surface area contributed by atoms with Crippen LogP contribution in [0, 0.1) is 0 Å². The highest BCUT2D eigenvalue weighted by Gasteiger charge is 2.12. The van der Waals surface area contributed by atoms with Crippen molar-refractivity contribution in [3.63, 3.8) is 0 Å². The second-order valence-electron chi connectivity index (χ2n) is 3.31. The number of hydrogen-bond donors (Lipinski definition) is 2. The third-order valence-electron chi connectivity index (χ3n) is 2.00. The molecule has 0 aliphatic carbocycles. The first-order chi connectivity index (χ1) is 8.47. The molecule has 0 aromatic carbocycles. The number of carbonyl (C=O) groups excluding carboxylic acids is 1. The fourth-order valence-corrected chi connectivity index (χ4v) is 3.44. The number of nitrogens with two attached hydrogens (primary N) is 1. The summed E-state index contributed by atoms with van der Waals surface area (Å²) in [6, 6.07) is 3.05. The Labute approximate surface area is 112 Å². The fourth-order valence-electron chi connectivity index (χ4n) is 1.19. The number of amides is 1. The number of nitrogens with one attached hydrogen (secondary N) is 1. The van der Waals surface area contributed by atoms with Crippen molar-refractivity contribution in [3.05, 3.63) is 33.6 Å². The minimum atomic E-state index is -3.67. The van der Waals surface area contributed by atoms with E-state index in [0.717, 1.165) is 16.2 Å². The average Bonchev–Trinajstić information content (AvgIpc) is 2.96. The standard InChI is InChI=1S/C9H9N3O3S3/c10-18(14,15)8-2-1-6(17-8)3-12-9(13)7-4-11-5-16-7/h1-2,4-5H,3H2,(H,12,13)(H2,10,14,15). The molecule has 2 aromatic heterocycles. The maximum absolute atomic E-state index is 11.6. The zero-order chi connectivity index (χ0) is 13.2. The van der Waals surface area contributed by atoms with E-state index in [1.165, 1.54) is 23.6 Å². The zero-order valence-electron chi connectivity index (χ0n) is 8.99. The Balaban J connectivity index is 1.99. The zero-order valence-corrected chi connectivity index (χ0v) is 11.4. The van der Waals surface area contributed by atoms with Crippen LogP contribution in [-0.2, 0) is 16.6 Å². The van der Waals surface area contributed by atoms with Gasteiger partial charge in [-0.3, -0.25) is 9.78 Å². The van der Waals surface area contributed by atoms with Crippen molar-refractivity contribution in [3.8, 4) is 0 Å². The van der Waals surface area contributed by atoms with Gasteiger partial charge in [0.2, 0.25) is 10.0 Å². The molecule has 2 aromatic rings. The molecular weight excluding hydrogens is 294 g/mol. The van der Waals surface area contributed by atoms with Crippen LogP contribution in [0.3, 0.4) is 0 Å². The van der Waals surface area contributed by atoms with Crippen LogP contribution in [-0.4, -0.2) is 19.3 Å². The van der Waals surface area contributed by atoms with Crippen molar-refractivity contribution < 1.29 is 13.2 Å². The van der Waals surface area contributed by atoms with Gasteiger partial charge >= 0.3 is 0 Å². The van der Waals surface area contributed by atoms with Gasteiger partial charge in [-0.15, -0.1) is 22.7 Å². The SMILES string of the molecule is NS(=O)(=O)c1ccc(CNC(=O)c2cncs2)s1. The van der Waals surface area contributed by atoms with Crippen molar-refractivity contribution in [2.24, 2.45) is 5.14 Å². The maximum atomic E-state index is 11.6. The molecule has 0 atom stereocenters. The normalized spacial score (nSPS) is 11.4. The molecule has 2 heterocycles. The van der Waals surface area contributed by atoms with E-state index >= 15 is 0 Å². The Morgan fingerprint density at radius 2 is 2.22 bits per heavy atom. The Morgan fingerprint density at radius 1 is 1.44 bits per heavy atom. The Bertz CT molecular complexity index is 646. The highest BCUT2D eigenvalue weighted by Crippen LogP contribution is 2.20. The van der Waals surface area contributed by atoms with Crippen molar-refractivity contribution in [2.75, 3.05) is 0 Å². The Morgan fingerprint density at radius 3 is 2.78 bits per heavy atom. The molecule has 9 heteroatoms. The minimum absolute atomic E-state index is 0.0875. The minimum Gasteiger partial charge on any atom is -0.346 e. The molecule has 0 aliphatic heterocycles. The summed E-state index contributed by atoms with van der Waals surface area (Å²) in [5, 5.41) is 7.66. The van der Waals surface area contributed by atoms with E-state index in [4.69, 9.17) is 5.14 Å². The summed E-state index contributed by atoms with van der Waals surface area (Å²) in [6.45, 7) is 0.261. The van der Waals surface area contributed by atoms with E-state index in [1.807, 2.05) is 0 Å². The first-order valence-electron chi connectivity index (χ1n) is 4.75. The van der Waals surface area contributed by atoms with Crippen LogP contribution in [0.25, 0.3) is 0 Å². The molecule has 1 amide bonds. The number of carbonyl (C=O) groups is 1. The van der Waals surface area contributed by atoms with Gasteiger partial charge < -0.3 is 5.32 Å². The van der Waals surface area contributed by atoms with Crippen molar-refractivity contribution >= 4 is 38.6 Å². The number of nitrogens with zero attached hydrogens (tertiary/aromatic N) is 1. The summed E-state index contributed by atoms with van der Waals surface area (Å²) >= 11 is 2.28. The molecule has 0 unspecified atom stereocenters. The van der Waals surface area contributed by atoms with Crippen molar-refractivity contribution in [1.82, 2.24) is 10.3 Å². The van der Waals surface area contributed by atoms with Crippen molar-refractivity contribution in [1.29, 1.82) is 0 Å². The van der Waals surface area contributed by atoms with Gasteiger partial charge in [-0.1, -0.05) is 0 Å². The molecular formula is C9H9N3O3S3. The fraction of sp³-hybridized carbons (Fsp3) is 0.111. The van der Waals surface area contributed by atoms with Gasteiger partial charge in [0.15, 0.2) is 0 Å². The second kappa shape index (κ2) is 5.14. The van der Waals surface area contributed by atoms with Crippen LogP contribution >= 0.6 is 22.7 Å². The third kappa shape index (κ3) is 3.13. The predicted molar refractivity (Wildman–Crippen MR) is 69.0 cm³/mol. The lowest BCUT2D eigenvalue weighted by molar-refractivity contribution is 0.0955. The topological polar surface area (TPSA) is 102 Å². The van der Waals surface area contributed by atoms with E-state index in [-0.39, 0.29) is 16.7 Å². The van der Waals surface area contributed by atoms with E-state index in [2.05, 4.69) is 10.3 Å². The van der Waals surface area contributed by atoms with Gasteiger partial charge in [0.1, 0.15) is 9.09 Å². The number of primary sulfonamides is 1. The largest absolute Gasteiger partial charge is 0.346 e. The molecule has 3 N–H and O–H groups in total. The van der Waals surface area contributed by atoms with E-state index < -0.39 is 10.0 Å². The average molecular weight is 303 g/mol. The number of aromatic nitrogens is 1. The van der Waals surface area contributed by atoms with Gasteiger partial charge in [-0.05, 0) is 12.1 Å². The number of sulfonamides is 1. The number of rotatable bonds is 4. The lowest BCUT2D eigenvalue weighted by atomic mass is 10.4. The molecule has 96 valence electrons. The van der Waals surface area contributed by atoms with Gasteiger partial charge in [-0.25, -0.2) is 13.6 Å². The lowest BCUT2D eigenvalue weighted by Gasteiger charge is -2.00. The quantitative estimate of drug-likeness (QED) is 0.871. The molecule has 0 radical (unpaired) electrons. The highest BCUT2D eigenvalue weighted by atomic mass is 32.2. The molecule has 0 fully saturated rings. The molecule has 0 aliphatic rings. The van der Waals surface area contributed by atoms with Crippen LogP contribution in [0.15, 0.2) is 28.0 Å². The van der Waals surface area contributed by atoms with Gasteiger partial charge in [0.05, 0.1) is 18.3 Å². The summed E-state index contributed by atoms with van der Waals surface area (Å²) in [7, 11) is -3.67. The van der Waals surface area contributed by atoms with Crippen LogP contribution < -0.4 is 10.5 Å². The molecule has 2 rings (SSSR count). The number of hydrogen-bond acceptors (Lipinski definition) is 6. The number of thiophene rings is 1. The van der Waals surface area contributed by atoms with Crippen molar-refractivity contribution in [2.45, 2.75) is 10.8 Å². The predicted octanol–water partition coefficient (Wildman–Crippen LogP) is 0.782. The van der Waals surface area contributed by atoms with Crippen LogP contribution in [0.2, 0.25) is 0 Å². The maximum Gasteiger partial charge on any atom is 0.263 e. The molecule has 0 spiro atoms. The summed E-state index contributed by atoms with van der Waals surface area (Å²) in [5.41, 5.74) is 1.57. The molecule has 18 heavy (non-hydrogen) atoms. The summed E-state index contributed by atoms with van der Waals surface area (Å²) in [4.78, 5) is 16.6. The summed E-state index contributed by atoms with van der Waals surface area (Å²) < 4.78 is 22.2. The second-order valence-corrected chi connectivity index (χ2v) is 7.16. The highest BCUT2D eigenvalue weighted by molar-refractivity contribution is 7.91. The van der Waals surface area contributed by atoms with Gasteiger partial charge in [0.25, 0.3) is 5.91 Å². The first kappa shape index (κ1) is 13.1. The smallest absolute Gasteiger partial charge is 0.263 e. The summed E-state index contributed by atoms with van der Waals surface area (Å²) in [5.74, 6) is -0.233.